The molecule has 0 aliphatic heterocycles. The summed E-state index contributed by atoms with van der Waals surface area (Å²) in [4.78, 5) is 15.9. The summed E-state index contributed by atoms with van der Waals surface area (Å²) in [5.74, 6) is 0.470. The van der Waals surface area contributed by atoms with Gasteiger partial charge in [-0.05, 0) is 25.5 Å². The Morgan fingerprint density at radius 2 is 2.24 bits per heavy atom. The van der Waals surface area contributed by atoms with Gasteiger partial charge in [0.15, 0.2) is 0 Å². The predicted octanol–water partition coefficient (Wildman–Crippen LogP) is 2.70. The maximum Gasteiger partial charge on any atom is 0.251 e. The van der Waals surface area contributed by atoms with E-state index in [0.717, 1.165) is 12.8 Å². The lowest BCUT2D eigenvalue weighted by Gasteiger charge is -2.13. The Morgan fingerprint density at radius 1 is 1.53 bits per heavy atom. The van der Waals surface area contributed by atoms with E-state index in [4.69, 9.17) is 11.6 Å². The molecule has 1 aromatic heterocycles. The molecule has 0 radical (unpaired) electrons. The van der Waals surface area contributed by atoms with Crippen molar-refractivity contribution in [2.24, 2.45) is 0 Å². The lowest BCUT2D eigenvalue weighted by atomic mass is 10.1. The summed E-state index contributed by atoms with van der Waals surface area (Å²) in [6.07, 6.45) is 2.00. The number of pyridine rings is 1. The maximum atomic E-state index is 11.9. The van der Waals surface area contributed by atoms with E-state index in [0.29, 0.717) is 16.5 Å². The quantitative estimate of drug-likeness (QED) is 0.796. The van der Waals surface area contributed by atoms with Crippen LogP contribution in [0, 0.1) is 0 Å². The summed E-state index contributed by atoms with van der Waals surface area (Å²) in [6.45, 7) is 4.08. The molecule has 0 aliphatic carbocycles. The van der Waals surface area contributed by atoms with Gasteiger partial charge in [-0.25, -0.2) is 4.98 Å². The van der Waals surface area contributed by atoms with Gasteiger partial charge in [-0.3, -0.25) is 4.79 Å². The van der Waals surface area contributed by atoms with Crippen molar-refractivity contribution in [1.82, 2.24) is 10.3 Å². The summed E-state index contributed by atoms with van der Waals surface area (Å²) in [6, 6.07) is 3.41. The van der Waals surface area contributed by atoms with Crippen LogP contribution in [-0.2, 0) is 0 Å². The van der Waals surface area contributed by atoms with Gasteiger partial charge < -0.3 is 10.6 Å². The van der Waals surface area contributed by atoms with Crippen LogP contribution in [0.2, 0.25) is 5.15 Å². The summed E-state index contributed by atoms with van der Waals surface area (Å²) >= 11 is 5.84. The Kier molecular flexibility index (Phi) is 5.22. The third-order valence-corrected chi connectivity index (χ3v) is 2.61. The number of amides is 1. The van der Waals surface area contributed by atoms with Gasteiger partial charge in [0.05, 0.1) is 0 Å². The van der Waals surface area contributed by atoms with Crippen molar-refractivity contribution in [2.45, 2.75) is 32.7 Å². The average Bonchev–Trinajstić information content (AvgIpc) is 2.28. The number of aromatic nitrogens is 1. The molecule has 0 aliphatic rings. The smallest absolute Gasteiger partial charge is 0.251 e. The van der Waals surface area contributed by atoms with E-state index in [9.17, 15) is 4.79 Å². The zero-order chi connectivity index (χ0) is 12.8. The van der Waals surface area contributed by atoms with Crippen LogP contribution in [0.15, 0.2) is 12.1 Å². The van der Waals surface area contributed by atoms with Gasteiger partial charge in [0, 0.05) is 18.7 Å². The van der Waals surface area contributed by atoms with Gasteiger partial charge in [-0.1, -0.05) is 24.9 Å². The monoisotopic (exact) mass is 255 g/mol. The fourth-order valence-electron chi connectivity index (χ4n) is 1.57. The molecule has 0 saturated carbocycles. The van der Waals surface area contributed by atoms with E-state index < -0.39 is 0 Å². The molecular weight excluding hydrogens is 238 g/mol. The zero-order valence-corrected chi connectivity index (χ0v) is 11.1. The topological polar surface area (TPSA) is 54.0 Å². The summed E-state index contributed by atoms with van der Waals surface area (Å²) in [5.41, 5.74) is 0.525. The first kappa shape index (κ1) is 13.8. The molecule has 4 nitrogen and oxygen atoms in total. The number of rotatable bonds is 5. The van der Waals surface area contributed by atoms with Gasteiger partial charge in [0.2, 0.25) is 0 Å². The summed E-state index contributed by atoms with van der Waals surface area (Å²) in [5, 5.41) is 6.10. The van der Waals surface area contributed by atoms with E-state index >= 15 is 0 Å². The fourth-order valence-corrected chi connectivity index (χ4v) is 1.78. The van der Waals surface area contributed by atoms with Gasteiger partial charge in [0.25, 0.3) is 5.91 Å². The van der Waals surface area contributed by atoms with Crippen molar-refractivity contribution in [2.75, 3.05) is 12.4 Å². The number of halogens is 1. The van der Waals surface area contributed by atoms with Gasteiger partial charge in [-0.2, -0.15) is 0 Å². The average molecular weight is 256 g/mol. The van der Waals surface area contributed by atoms with Crippen LogP contribution >= 0.6 is 11.6 Å². The Labute approximate surface area is 107 Å². The second-order valence-corrected chi connectivity index (χ2v) is 4.36. The third-order valence-electron chi connectivity index (χ3n) is 2.41. The van der Waals surface area contributed by atoms with Crippen LogP contribution in [0.4, 0.5) is 5.82 Å². The van der Waals surface area contributed by atoms with Gasteiger partial charge >= 0.3 is 0 Å². The lowest BCUT2D eigenvalue weighted by molar-refractivity contribution is 0.0938. The molecule has 1 aromatic rings. The number of nitrogens with one attached hydrogen (secondary N) is 2. The van der Waals surface area contributed by atoms with Crippen molar-refractivity contribution >= 4 is 23.3 Å². The molecule has 0 aromatic carbocycles. The second kappa shape index (κ2) is 6.45. The van der Waals surface area contributed by atoms with Gasteiger partial charge in [0.1, 0.15) is 11.0 Å². The molecule has 0 saturated heterocycles. The molecule has 94 valence electrons. The number of carbonyl (C=O) groups excluding carboxylic acids is 1. The Morgan fingerprint density at radius 3 is 2.82 bits per heavy atom. The Hall–Kier alpha value is -1.29. The number of hydrogen-bond acceptors (Lipinski definition) is 3. The van der Waals surface area contributed by atoms with E-state index in [2.05, 4.69) is 22.5 Å². The van der Waals surface area contributed by atoms with Gasteiger partial charge in [-0.15, -0.1) is 0 Å². The number of carbonyl (C=O) groups is 1. The molecule has 5 heteroatoms. The Balaban J connectivity index is 2.78. The van der Waals surface area contributed by atoms with Crippen LogP contribution in [0.25, 0.3) is 0 Å². The molecule has 1 unspecified atom stereocenters. The fraction of sp³-hybridized carbons (Fsp3) is 0.500. The highest BCUT2D eigenvalue weighted by Crippen LogP contribution is 2.14. The standard InChI is InChI=1S/C12H18ClN3O/c1-4-5-8(2)15-12(17)9-6-10(13)16-11(7-9)14-3/h6-8H,4-5H2,1-3H3,(H,14,16)(H,15,17). The second-order valence-electron chi connectivity index (χ2n) is 3.98. The molecule has 0 spiro atoms. The molecule has 0 fully saturated rings. The normalized spacial score (nSPS) is 12.0. The minimum Gasteiger partial charge on any atom is -0.373 e. The Bertz CT molecular complexity index is 395. The number of nitrogens with zero attached hydrogens (tertiary/aromatic N) is 1. The van der Waals surface area contributed by atoms with Crippen LogP contribution in [0.3, 0.4) is 0 Å². The van der Waals surface area contributed by atoms with Crippen LogP contribution in [-0.4, -0.2) is 24.0 Å². The molecule has 1 atom stereocenters. The number of hydrogen-bond donors (Lipinski definition) is 2. The largest absolute Gasteiger partial charge is 0.373 e. The van der Waals surface area contributed by atoms with Crippen molar-refractivity contribution in [3.63, 3.8) is 0 Å². The molecule has 1 amide bonds. The highest BCUT2D eigenvalue weighted by atomic mass is 35.5. The zero-order valence-electron chi connectivity index (χ0n) is 10.4. The van der Waals surface area contributed by atoms with Crippen LogP contribution < -0.4 is 10.6 Å². The first-order chi connectivity index (χ1) is 8.06. The minimum atomic E-state index is -0.119. The molecular formula is C12H18ClN3O. The number of anilines is 1. The minimum absolute atomic E-state index is 0.119. The highest BCUT2D eigenvalue weighted by molar-refractivity contribution is 6.29. The first-order valence-corrected chi connectivity index (χ1v) is 6.10. The van der Waals surface area contributed by atoms with E-state index in [-0.39, 0.29) is 11.9 Å². The maximum absolute atomic E-state index is 11.9. The van der Waals surface area contributed by atoms with Crippen molar-refractivity contribution in [3.05, 3.63) is 22.8 Å². The predicted molar refractivity (Wildman–Crippen MR) is 70.6 cm³/mol. The van der Waals surface area contributed by atoms with Crippen molar-refractivity contribution < 1.29 is 4.79 Å². The van der Waals surface area contributed by atoms with E-state index in [1.807, 2.05) is 6.92 Å². The molecule has 1 rings (SSSR count). The third kappa shape index (κ3) is 4.23. The summed E-state index contributed by atoms with van der Waals surface area (Å²) in [7, 11) is 1.74. The first-order valence-electron chi connectivity index (χ1n) is 5.73. The van der Waals surface area contributed by atoms with E-state index in [1.54, 1.807) is 19.2 Å². The van der Waals surface area contributed by atoms with Crippen LogP contribution in [0.1, 0.15) is 37.0 Å². The van der Waals surface area contributed by atoms with E-state index in [1.165, 1.54) is 0 Å². The summed E-state index contributed by atoms with van der Waals surface area (Å²) < 4.78 is 0. The van der Waals surface area contributed by atoms with Crippen molar-refractivity contribution in [3.8, 4) is 0 Å². The van der Waals surface area contributed by atoms with Crippen molar-refractivity contribution in [1.29, 1.82) is 0 Å². The lowest BCUT2D eigenvalue weighted by Crippen LogP contribution is -2.32. The molecule has 0 bridgehead atoms. The molecule has 1 heterocycles. The SMILES string of the molecule is CCCC(C)NC(=O)c1cc(Cl)nc(NC)c1. The van der Waals surface area contributed by atoms with Crippen LogP contribution in [0.5, 0.6) is 0 Å². The molecule has 17 heavy (non-hydrogen) atoms. The highest BCUT2D eigenvalue weighted by Gasteiger charge is 2.11. The molecule has 2 N–H and O–H groups in total.